The first-order valence-electron chi connectivity index (χ1n) is 9.82. The van der Waals surface area contributed by atoms with Crippen molar-refractivity contribution in [3.05, 3.63) is 42.1 Å². The van der Waals surface area contributed by atoms with Crippen LogP contribution in [0.1, 0.15) is 50.5 Å². The van der Waals surface area contributed by atoms with Gasteiger partial charge in [0.1, 0.15) is 10.8 Å². The molecule has 5 heteroatoms. The number of benzene rings is 1. The fourth-order valence-corrected chi connectivity index (χ4v) is 5.29. The van der Waals surface area contributed by atoms with Gasteiger partial charge in [-0.2, -0.15) is 0 Å². The zero-order valence-corrected chi connectivity index (χ0v) is 16.2. The van der Waals surface area contributed by atoms with Gasteiger partial charge in [0.05, 0.1) is 6.10 Å². The Kier molecular flexibility index (Phi) is 5.67. The van der Waals surface area contributed by atoms with E-state index in [9.17, 15) is 4.79 Å². The Morgan fingerprint density at radius 3 is 2.89 bits per heavy atom. The molecule has 1 unspecified atom stereocenters. The molecule has 0 saturated heterocycles. The van der Waals surface area contributed by atoms with Gasteiger partial charge in [0.2, 0.25) is 0 Å². The lowest BCUT2D eigenvalue weighted by molar-refractivity contribution is -0.137. The van der Waals surface area contributed by atoms with E-state index >= 15 is 0 Å². The molecule has 2 heterocycles. The van der Waals surface area contributed by atoms with Gasteiger partial charge in [-0.1, -0.05) is 25.0 Å². The summed E-state index contributed by atoms with van der Waals surface area (Å²) < 4.78 is 6.03. The third kappa shape index (κ3) is 4.46. The molecule has 1 saturated carbocycles. The molecule has 4 nitrogen and oxygen atoms in total. The monoisotopic (exact) mass is 383 g/mol. The highest BCUT2D eigenvalue weighted by Crippen LogP contribution is 2.40. The second kappa shape index (κ2) is 8.34. The number of fused-ring (bicyclic) bond motifs is 1. The minimum atomic E-state index is -0.761. The number of aromatic nitrogens is 1. The molecular formula is C22H25NO3S. The Morgan fingerprint density at radius 2 is 2.07 bits per heavy atom. The number of ether oxygens (including phenoxy) is 1. The maximum absolute atomic E-state index is 10.8. The number of hydrogen-bond donors (Lipinski definition) is 1. The molecular weight excluding hydrogens is 358 g/mol. The largest absolute Gasteiger partial charge is 0.490 e. The lowest BCUT2D eigenvalue weighted by Gasteiger charge is -2.26. The van der Waals surface area contributed by atoms with Gasteiger partial charge in [-0.15, -0.1) is 11.8 Å². The van der Waals surface area contributed by atoms with Gasteiger partial charge in [-0.3, -0.25) is 4.79 Å². The average molecular weight is 384 g/mol. The van der Waals surface area contributed by atoms with E-state index in [2.05, 4.69) is 23.2 Å². The van der Waals surface area contributed by atoms with Crippen molar-refractivity contribution in [2.45, 2.75) is 67.7 Å². The molecule has 2 aliphatic rings. The van der Waals surface area contributed by atoms with E-state index in [0.29, 0.717) is 11.7 Å². The first kappa shape index (κ1) is 18.4. The molecule has 0 amide bonds. The van der Waals surface area contributed by atoms with Crippen LogP contribution < -0.4 is 4.74 Å². The number of carbonyl (C=O) groups is 1. The number of rotatable bonds is 6. The second-order valence-electron chi connectivity index (χ2n) is 7.41. The minimum absolute atomic E-state index is 0.00586. The molecule has 1 aromatic heterocycles. The molecule has 1 atom stereocenters. The highest BCUT2D eigenvalue weighted by atomic mass is 32.2. The van der Waals surface area contributed by atoms with Crippen molar-refractivity contribution < 1.29 is 14.6 Å². The number of carboxylic acids is 1. The van der Waals surface area contributed by atoms with E-state index in [-0.39, 0.29) is 12.5 Å². The fraction of sp³-hybridized carbons (Fsp3) is 0.455. The quantitative estimate of drug-likeness (QED) is 0.729. The van der Waals surface area contributed by atoms with E-state index in [1.54, 1.807) is 0 Å². The van der Waals surface area contributed by atoms with E-state index < -0.39 is 5.97 Å². The van der Waals surface area contributed by atoms with Crippen LogP contribution in [-0.2, 0) is 11.2 Å². The lowest BCUT2D eigenvalue weighted by Crippen LogP contribution is -2.23. The Hall–Kier alpha value is -2.01. The summed E-state index contributed by atoms with van der Waals surface area (Å²) in [6, 6.07) is 10.5. The first-order valence-corrected chi connectivity index (χ1v) is 10.7. The average Bonchev–Trinajstić information content (AvgIpc) is 3.19. The van der Waals surface area contributed by atoms with E-state index in [1.807, 2.05) is 30.1 Å². The van der Waals surface area contributed by atoms with Gasteiger partial charge in [-0.25, -0.2) is 4.98 Å². The van der Waals surface area contributed by atoms with Gasteiger partial charge < -0.3 is 9.84 Å². The number of carboxylic acid groups (broad SMARTS) is 1. The van der Waals surface area contributed by atoms with Crippen LogP contribution in [0.15, 0.2) is 41.6 Å². The molecule has 1 fully saturated rings. The normalized spacial score (nSPS) is 19.5. The summed E-state index contributed by atoms with van der Waals surface area (Å²) in [6.45, 7) is 0. The number of aryl methyl sites for hydroxylation is 1. The van der Waals surface area contributed by atoms with Crippen LogP contribution in [0.5, 0.6) is 5.75 Å². The lowest BCUT2D eigenvalue weighted by atomic mass is 9.96. The van der Waals surface area contributed by atoms with Crippen LogP contribution in [0.2, 0.25) is 0 Å². The number of aliphatic carboxylic acids is 1. The summed E-state index contributed by atoms with van der Waals surface area (Å²) >= 11 is 1.92. The maximum Gasteiger partial charge on any atom is 0.303 e. The van der Waals surface area contributed by atoms with Gasteiger partial charge in [0.15, 0.2) is 0 Å². The summed E-state index contributed by atoms with van der Waals surface area (Å²) in [5, 5.41) is 10.7. The molecule has 0 radical (unpaired) electrons. The zero-order valence-electron chi connectivity index (χ0n) is 15.4. The Labute approximate surface area is 164 Å². The van der Waals surface area contributed by atoms with Crippen LogP contribution in [0.3, 0.4) is 0 Å². The van der Waals surface area contributed by atoms with Crippen LogP contribution in [-0.4, -0.2) is 27.4 Å². The van der Waals surface area contributed by atoms with Gasteiger partial charge in [0.25, 0.3) is 0 Å². The second-order valence-corrected chi connectivity index (χ2v) is 8.70. The zero-order chi connectivity index (χ0) is 18.6. The summed E-state index contributed by atoms with van der Waals surface area (Å²) in [7, 11) is 0. The summed E-state index contributed by atoms with van der Waals surface area (Å²) in [5.74, 6) is 0.137. The summed E-state index contributed by atoms with van der Waals surface area (Å²) in [5.41, 5.74) is 3.60. The molecule has 1 aliphatic carbocycles. The molecule has 142 valence electrons. The molecule has 4 rings (SSSR count). The minimum Gasteiger partial charge on any atom is -0.490 e. The van der Waals surface area contributed by atoms with Crippen LogP contribution in [0.25, 0.3) is 11.1 Å². The third-order valence-electron chi connectivity index (χ3n) is 5.43. The standard InChI is InChI=1S/C22H25NO3S/c24-21(25)12-10-17-9-7-16-14-15(8-11-20(16)26-17)19-6-3-13-23-22(19)27-18-4-1-2-5-18/h3,6,8,11,13-14,17-18H,1-2,4-5,7,9-10,12H2,(H,24,25). The van der Waals surface area contributed by atoms with Crippen molar-refractivity contribution in [1.82, 2.24) is 4.98 Å². The van der Waals surface area contributed by atoms with Gasteiger partial charge in [0, 0.05) is 23.4 Å². The van der Waals surface area contributed by atoms with Crippen LogP contribution in [0.4, 0.5) is 0 Å². The van der Waals surface area contributed by atoms with Crippen molar-refractivity contribution in [1.29, 1.82) is 0 Å². The highest BCUT2D eigenvalue weighted by molar-refractivity contribution is 8.00. The maximum atomic E-state index is 10.8. The molecule has 2 aromatic rings. The van der Waals surface area contributed by atoms with Crippen LogP contribution >= 0.6 is 11.8 Å². The van der Waals surface area contributed by atoms with Crippen molar-refractivity contribution in [3.63, 3.8) is 0 Å². The Balaban J connectivity index is 1.52. The van der Waals surface area contributed by atoms with Crippen molar-refractivity contribution in [2.75, 3.05) is 0 Å². The number of thioether (sulfide) groups is 1. The Bertz CT molecular complexity index is 817. The molecule has 1 aliphatic heterocycles. The molecule has 0 spiro atoms. The molecule has 1 N–H and O–H groups in total. The van der Waals surface area contributed by atoms with E-state index in [4.69, 9.17) is 9.84 Å². The predicted molar refractivity (Wildman–Crippen MR) is 107 cm³/mol. The summed E-state index contributed by atoms with van der Waals surface area (Å²) in [6.07, 6.45) is 9.67. The molecule has 1 aromatic carbocycles. The van der Waals surface area contributed by atoms with Crippen molar-refractivity contribution in [3.8, 4) is 16.9 Å². The number of pyridine rings is 1. The topological polar surface area (TPSA) is 59.4 Å². The van der Waals surface area contributed by atoms with Crippen molar-refractivity contribution in [2.24, 2.45) is 0 Å². The first-order chi connectivity index (χ1) is 13.2. The third-order valence-corrected chi connectivity index (χ3v) is 6.79. The predicted octanol–water partition coefficient (Wildman–Crippen LogP) is 5.34. The fourth-order valence-electron chi connectivity index (χ4n) is 3.97. The van der Waals surface area contributed by atoms with Gasteiger partial charge >= 0.3 is 5.97 Å². The van der Waals surface area contributed by atoms with Crippen molar-refractivity contribution >= 4 is 17.7 Å². The summed E-state index contributed by atoms with van der Waals surface area (Å²) in [4.78, 5) is 15.4. The highest BCUT2D eigenvalue weighted by Gasteiger charge is 2.22. The van der Waals surface area contributed by atoms with E-state index in [0.717, 1.165) is 23.6 Å². The van der Waals surface area contributed by atoms with Gasteiger partial charge in [-0.05, 0) is 61.4 Å². The Morgan fingerprint density at radius 1 is 1.22 bits per heavy atom. The smallest absolute Gasteiger partial charge is 0.303 e. The molecule has 27 heavy (non-hydrogen) atoms. The SMILES string of the molecule is O=C(O)CCC1CCc2cc(-c3cccnc3SC3CCCC3)ccc2O1. The van der Waals surface area contributed by atoms with E-state index in [1.165, 1.54) is 42.4 Å². The number of hydrogen-bond acceptors (Lipinski definition) is 4. The number of nitrogens with zero attached hydrogens (tertiary/aromatic N) is 1. The molecule has 0 bridgehead atoms. The van der Waals surface area contributed by atoms with Crippen LogP contribution in [0, 0.1) is 0 Å².